The Bertz CT molecular complexity index is 3490. The Labute approximate surface area is 631 Å². The molecule has 36 nitrogen and oxygen atoms in total. The van der Waals surface area contributed by atoms with Crippen LogP contribution in [0.25, 0.3) is 0 Å². The third-order valence-electron chi connectivity index (χ3n) is 22.5. The van der Waals surface area contributed by atoms with Gasteiger partial charge in [0.1, 0.15) is 132 Å². The van der Waals surface area contributed by atoms with E-state index < -0.39 is 236 Å². The molecule has 38 heteroatoms. The number of ether oxygens (including phenoxy) is 25. The van der Waals surface area contributed by atoms with Crippen LogP contribution in [-0.4, -0.2) is 322 Å². The van der Waals surface area contributed by atoms with Crippen LogP contribution in [0.5, 0.6) is 23.0 Å². The van der Waals surface area contributed by atoms with Crippen LogP contribution in [0.15, 0.2) is 12.1 Å². The van der Waals surface area contributed by atoms with Crippen molar-refractivity contribution >= 4 is 35.1 Å². The predicted molar refractivity (Wildman–Crippen MR) is 359 cm³/mol. The van der Waals surface area contributed by atoms with Crippen molar-refractivity contribution in [2.24, 2.45) is 11.7 Å². The molecule has 108 heavy (non-hydrogen) atoms. The Hall–Kier alpha value is -3.96. The van der Waals surface area contributed by atoms with Gasteiger partial charge in [0.05, 0.1) is 81.1 Å². The van der Waals surface area contributed by atoms with Crippen LogP contribution in [0.4, 0.5) is 0 Å². The molecule has 0 saturated carbocycles. The maximum Gasteiger partial charge on any atom is 0.342 e. The van der Waals surface area contributed by atoms with Crippen molar-refractivity contribution in [1.29, 1.82) is 0 Å². The second-order valence-electron chi connectivity index (χ2n) is 29.8. The molecule has 13 rings (SSSR count). The molecule has 0 amide bonds. The average molecular weight is 1590 g/mol. The van der Waals surface area contributed by atoms with Gasteiger partial charge in [-0.3, -0.25) is 0 Å². The molecule has 11 saturated heterocycles. The summed E-state index contributed by atoms with van der Waals surface area (Å²) in [4.78, 5) is 27.7. The van der Waals surface area contributed by atoms with E-state index in [0.29, 0.717) is 0 Å². The Morgan fingerprint density at radius 3 is 1.99 bits per heavy atom. The van der Waals surface area contributed by atoms with Gasteiger partial charge in [-0.05, 0) is 79.5 Å². The van der Waals surface area contributed by atoms with Gasteiger partial charge in [-0.25, -0.2) is 9.59 Å². The number of aliphatic hydroxyl groups is 5. The number of benzene rings is 2. The average Bonchev–Trinajstić information content (AvgIpc) is 1.55. The van der Waals surface area contributed by atoms with Gasteiger partial charge in [0.2, 0.25) is 0 Å². The zero-order valence-electron chi connectivity index (χ0n) is 61.9. The number of carbonyl (C=O) groups is 2. The number of aromatic hydroxyl groups is 3. The number of fused-ring (bicyclic) bond motifs is 4. The fourth-order valence-corrected chi connectivity index (χ4v) is 17.9. The molecular formula is C70H99Cl2NO35. The summed E-state index contributed by atoms with van der Waals surface area (Å²) in [6.07, 6.45) is -36.0. The molecule has 2 spiro atoms. The van der Waals surface area contributed by atoms with Crippen LogP contribution in [0.2, 0.25) is 10.0 Å². The second kappa shape index (κ2) is 32.0. The topological polar surface area (TPSA) is 453 Å². The third-order valence-corrected chi connectivity index (χ3v) is 23.3. The highest BCUT2D eigenvalue weighted by Crippen LogP contribution is 2.54. The zero-order valence-corrected chi connectivity index (χ0v) is 63.4. The van der Waals surface area contributed by atoms with Crippen molar-refractivity contribution in [1.82, 2.24) is 0 Å². The van der Waals surface area contributed by atoms with E-state index >= 15 is 0 Å². The van der Waals surface area contributed by atoms with E-state index in [1.807, 2.05) is 6.92 Å². The van der Waals surface area contributed by atoms with E-state index in [9.17, 15) is 50.4 Å². The minimum atomic E-state index is -2.00. The fraction of sp³-hybridized carbons (Fsp3) is 0.800. The van der Waals surface area contributed by atoms with Gasteiger partial charge in [-0.15, -0.1) is 0 Å². The minimum absolute atomic E-state index is 0.00109. The number of hydrogen-bond donors (Lipinski definition) is 9. The highest BCUT2D eigenvalue weighted by molar-refractivity contribution is 6.39. The number of rotatable bonds is 19. The SMILES string of the molecule is COC[C@H]1O[C@@H](O[C@@H]2OC[C@@H]3O[C@@]4(OC[C@@H](OC(=O)c5c(C)cc(O)cc5O)[C@@H]5OCO[C@H]54)O[C@H]3[C@H]2O)[C@@H](OC)[C@@H](O)[C@@H]1O[C@@H]1O[C@H](C)[C@H](OC)[C@H](O[C@@H]2O[C@H](C)[C@H]3O[C@]4(C[C@@H](O)[C@H]([C@H]5C[C@@H](O[C@H]6C[C@@](C)(N)[C@@H](OC)[C@H](C)O6)[C@H](OC(=O)c6c(C)c(Cl)c(O)c(Cl)c6OC)[C@@H](C)O5)[C@@H](C)O4)O[C@]3(C)[C@@H]2O)[C@H]1O. The number of carbonyl (C=O) groups excluding carboxylic acids is 2. The summed E-state index contributed by atoms with van der Waals surface area (Å²) in [5.41, 5.74) is 4.24. The highest BCUT2D eigenvalue weighted by Gasteiger charge is 2.70. The van der Waals surface area contributed by atoms with E-state index in [2.05, 4.69) is 0 Å². The molecule has 11 aliphatic rings. The number of methoxy groups -OCH3 is 5. The summed E-state index contributed by atoms with van der Waals surface area (Å²) in [6.45, 7) is 13.8. The lowest BCUT2D eigenvalue weighted by Crippen LogP contribution is -2.68. The summed E-state index contributed by atoms with van der Waals surface area (Å²) in [5, 5.41) is 92.0. The molecule has 11 heterocycles. The van der Waals surface area contributed by atoms with Crippen molar-refractivity contribution in [2.75, 3.05) is 62.2 Å². The van der Waals surface area contributed by atoms with E-state index in [1.54, 1.807) is 41.5 Å². The van der Waals surface area contributed by atoms with Gasteiger partial charge < -0.3 is 165 Å². The zero-order chi connectivity index (χ0) is 77.9. The molecule has 10 N–H and O–H groups in total. The van der Waals surface area contributed by atoms with Crippen molar-refractivity contribution in [3.63, 3.8) is 0 Å². The van der Waals surface area contributed by atoms with Crippen LogP contribution < -0.4 is 10.5 Å². The third kappa shape index (κ3) is 14.9. The lowest BCUT2D eigenvalue weighted by Gasteiger charge is -2.50. The number of phenols is 3. The van der Waals surface area contributed by atoms with E-state index in [-0.39, 0.29) is 89.7 Å². The van der Waals surface area contributed by atoms with Gasteiger partial charge in [0, 0.05) is 58.8 Å². The molecule has 0 aromatic heterocycles. The number of halogens is 2. The first kappa shape index (κ1) is 82.0. The first-order chi connectivity index (χ1) is 51.1. The van der Waals surface area contributed by atoms with Crippen molar-refractivity contribution in [3.05, 3.63) is 44.4 Å². The monoisotopic (exact) mass is 1580 g/mol. The highest BCUT2D eigenvalue weighted by atomic mass is 35.5. The molecule has 0 aliphatic carbocycles. The van der Waals surface area contributed by atoms with Crippen LogP contribution in [-0.2, 0) is 114 Å². The molecular weight excluding hydrogens is 1490 g/mol. The maximum atomic E-state index is 14.4. The van der Waals surface area contributed by atoms with E-state index in [0.717, 1.165) is 6.07 Å². The lowest BCUT2D eigenvalue weighted by atomic mass is 9.81. The number of phenolic OH excluding ortho intramolecular Hbond substituents is 3. The van der Waals surface area contributed by atoms with Crippen LogP contribution in [0.3, 0.4) is 0 Å². The molecule has 2 aromatic rings. The molecule has 35 atom stereocenters. The molecule has 2 aromatic carbocycles. The first-order valence-electron chi connectivity index (χ1n) is 35.9. The number of aliphatic hydroxyl groups excluding tert-OH is 5. The van der Waals surface area contributed by atoms with Crippen LogP contribution in [0, 0.1) is 19.8 Å². The Kier molecular flexibility index (Phi) is 24.3. The molecule has 11 aliphatic heterocycles. The van der Waals surface area contributed by atoms with Gasteiger partial charge in [-0.2, -0.15) is 0 Å². The second-order valence-corrected chi connectivity index (χ2v) is 30.6. The minimum Gasteiger partial charge on any atom is -0.508 e. The van der Waals surface area contributed by atoms with Gasteiger partial charge in [-0.1, -0.05) is 23.2 Å². The smallest absolute Gasteiger partial charge is 0.342 e. The molecule has 0 radical (unpaired) electrons. The fourth-order valence-electron chi connectivity index (χ4n) is 17.4. The summed E-state index contributed by atoms with van der Waals surface area (Å²) in [6, 6.07) is 2.30. The van der Waals surface area contributed by atoms with E-state index in [1.165, 1.54) is 55.5 Å². The van der Waals surface area contributed by atoms with Gasteiger partial charge in [0.15, 0.2) is 61.3 Å². The van der Waals surface area contributed by atoms with Crippen molar-refractivity contribution in [2.45, 2.75) is 289 Å². The Morgan fingerprint density at radius 1 is 0.611 bits per heavy atom. The number of nitrogens with two attached hydrogens (primary N) is 1. The Balaban J connectivity index is 0.652. The summed E-state index contributed by atoms with van der Waals surface area (Å²) < 4.78 is 155. The maximum absolute atomic E-state index is 14.4. The van der Waals surface area contributed by atoms with Crippen molar-refractivity contribution in [3.8, 4) is 23.0 Å². The summed E-state index contributed by atoms with van der Waals surface area (Å²) >= 11 is 12.9. The largest absolute Gasteiger partial charge is 0.508 e. The molecule has 0 bridgehead atoms. The lowest BCUT2D eigenvalue weighted by molar-refractivity contribution is -0.407. The molecule has 0 unspecified atom stereocenters. The predicted octanol–water partition coefficient (Wildman–Crippen LogP) is 1.22. The molecule has 608 valence electrons. The van der Waals surface area contributed by atoms with Crippen LogP contribution in [0.1, 0.15) is 99.6 Å². The summed E-state index contributed by atoms with van der Waals surface area (Å²) in [5.74, 6) is -8.06. The van der Waals surface area contributed by atoms with Gasteiger partial charge in [0.25, 0.3) is 5.97 Å². The molecule has 11 fully saturated rings. The quantitative estimate of drug-likeness (QED) is 0.0893. The van der Waals surface area contributed by atoms with E-state index in [4.69, 9.17) is 147 Å². The number of esters is 2. The normalized spacial score (nSPS) is 46.6. The van der Waals surface area contributed by atoms with Crippen molar-refractivity contribution < 1.29 is 169 Å². The number of hydrogen-bond acceptors (Lipinski definition) is 36. The Morgan fingerprint density at radius 2 is 1.31 bits per heavy atom. The van der Waals surface area contributed by atoms with Gasteiger partial charge >= 0.3 is 17.9 Å². The van der Waals surface area contributed by atoms with Crippen LogP contribution >= 0.6 is 23.2 Å². The standard InChI is InChI=1S/C70H99Cl2NO35/c1-24-15-31(74)16-32(75)40(24)61(82)98-37-22-92-70(60-53(37)90-23-91-60)105-38-21-89-63(47(79)52(38)106-70)103-65-56(87-13)46(78)51(36(99-65)20-84-10)101-64-48(80)55(50(85-11)28(5)95-64)102-66-57(81)68(9)59(30(7)96-66)107-69(108-68)18-33(76)42(26(3)104-69)34-17-35(97-39-19-67(8,73)58(88-14)29(6)94-39)49(27(4)93-34)100-62(83)41-25(2)43(71)45(77)44(72)54(41)86-12/h15-16,26-30,33-39,42,46-53,55-60,63-66,74-81H,17-23,73H2,1-14H3/t26-,27-,28-,29+,30-,33-,34-,35-,36-,37-,38+,39+,42-,46+,47-,48-,49-,50+,51-,52-,53+,55-,56+,57-,58+,59-,60-,63+,64+,65+,66+,67-,68-,69-,70-/m1/s1. The first-order valence-corrected chi connectivity index (χ1v) is 36.7. The summed E-state index contributed by atoms with van der Waals surface area (Å²) in [7, 11) is 6.82. The number of aryl methyl sites for hydroxylation is 1.